The maximum Gasteiger partial charge on any atom is 0.339 e. The quantitative estimate of drug-likeness (QED) is 0.671. The predicted molar refractivity (Wildman–Crippen MR) is 104 cm³/mol. The summed E-state index contributed by atoms with van der Waals surface area (Å²) in [6, 6.07) is 14.8. The van der Waals surface area contributed by atoms with Crippen molar-refractivity contribution < 1.29 is 14.3 Å². The lowest BCUT2D eigenvalue weighted by Crippen LogP contribution is -2.37. The van der Waals surface area contributed by atoms with Crippen molar-refractivity contribution in [2.45, 2.75) is 18.9 Å². The third-order valence-corrected chi connectivity index (χ3v) is 5.57. The van der Waals surface area contributed by atoms with Crippen LogP contribution in [0, 0.1) is 0 Å². The molecule has 2 aromatic carbocycles. The van der Waals surface area contributed by atoms with Crippen LogP contribution in [0.2, 0.25) is 5.02 Å². The zero-order chi connectivity index (χ0) is 18.8. The average molecular weight is 399 g/mol. The van der Waals surface area contributed by atoms with Gasteiger partial charge < -0.3 is 4.74 Å². The molecule has 0 aliphatic carbocycles. The molecule has 1 amide bonds. The van der Waals surface area contributed by atoms with E-state index in [-0.39, 0.29) is 5.91 Å². The molecule has 1 atom stereocenters. The minimum Gasteiger partial charge on any atom is -0.448 e. The fourth-order valence-electron chi connectivity index (χ4n) is 2.94. The fraction of sp³-hybridized carbons (Fsp3) is 0.150. The number of esters is 1. The van der Waals surface area contributed by atoms with Crippen LogP contribution in [0.15, 0.2) is 54.7 Å². The third-order valence-electron chi connectivity index (χ3n) is 4.29. The van der Waals surface area contributed by atoms with Crippen LogP contribution >= 0.6 is 22.9 Å². The number of aromatic nitrogens is 1. The van der Waals surface area contributed by atoms with Gasteiger partial charge in [-0.1, -0.05) is 48.0 Å². The molecule has 0 saturated heterocycles. The molecule has 2 heterocycles. The lowest BCUT2D eigenvalue weighted by Gasteiger charge is -2.23. The number of anilines is 1. The second-order valence-electron chi connectivity index (χ2n) is 6.14. The molecular weight excluding hydrogens is 384 g/mol. The molecule has 5 nitrogen and oxygen atoms in total. The summed E-state index contributed by atoms with van der Waals surface area (Å²) in [5.41, 5.74) is 2.32. The molecule has 0 fully saturated rings. The van der Waals surface area contributed by atoms with Gasteiger partial charge in [0.2, 0.25) is 0 Å². The summed E-state index contributed by atoms with van der Waals surface area (Å²) in [6.45, 7) is 0. The maximum atomic E-state index is 12.5. The van der Waals surface area contributed by atoms with Crippen molar-refractivity contribution >= 4 is 39.9 Å². The van der Waals surface area contributed by atoms with Gasteiger partial charge in [-0.2, -0.15) is 0 Å². The molecule has 1 aromatic heterocycles. The van der Waals surface area contributed by atoms with Gasteiger partial charge in [-0.05, 0) is 23.3 Å². The summed E-state index contributed by atoms with van der Waals surface area (Å²) in [4.78, 5) is 29.8. The lowest BCUT2D eigenvalue weighted by atomic mass is 9.98. The number of thiazole rings is 1. The standard InChI is InChI=1S/C20H15ClN2O3S/c21-16-8-4-2-6-13(16)9-14-11-22-20(27-14)23-18(24)17-10-12-5-1-3-7-15(12)19(25)26-17/h1-8,11,17H,9-10H2,(H,22,23,24)/t17-/m0/s1. The monoisotopic (exact) mass is 398 g/mol. The number of benzene rings is 2. The highest BCUT2D eigenvalue weighted by Crippen LogP contribution is 2.26. The van der Waals surface area contributed by atoms with Gasteiger partial charge in [-0.3, -0.25) is 10.1 Å². The molecule has 0 saturated carbocycles. The second-order valence-corrected chi connectivity index (χ2v) is 7.67. The van der Waals surface area contributed by atoms with Crippen molar-refractivity contribution in [3.05, 3.63) is 81.3 Å². The minimum atomic E-state index is -0.858. The Balaban J connectivity index is 1.43. The lowest BCUT2D eigenvalue weighted by molar-refractivity contribution is -0.125. The number of nitrogens with zero attached hydrogens (tertiary/aromatic N) is 1. The zero-order valence-electron chi connectivity index (χ0n) is 14.1. The zero-order valence-corrected chi connectivity index (χ0v) is 15.7. The number of carbonyl (C=O) groups excluding carboxylic acids is 2. The Kier molecular flexibility index (Phi) is 4.92. The van der Waals surface area contributed by atoms with E-state index in [1.54, 1.807) is 18.3 Å². The minimum absolute atomic E-state index is 0.353. The van der Waals surface area contributed by atoms with Crippen LogP contribution in [0.25, 0.3) is 0 Å². The van der Waals surface area contributed by atoms with Gasteiger partial charge in [0.15, 0.2) is 11.2 Å². The molecular formula is C20H15ClN2O3S. The first kappa shape index (κ1) is 17.7. The Morgan fingerprint density at radius 3 is 2.85 bits per heavy atom. The normalized spacial score (nSPS) is 15.7. The molecule has 1 aliphatic heterocycles. The smallest absolute Gasteiger partial charge is 0.339 e. The number of cyclic esters (lactones) is 1. The highest BCUT2D eigenvalue weighted by molar-refractivity contribution is 7.15. The first-order chi connectivity index (χ1) is 13.1. The predicted octanol–water partition coefficient (Wildman–Crippen LogP) is 4.11. The molecule has 7 heteroatoms. The van der Waals surface area contributed by atoms with E-state index in [2.05, 4.69) is 10.3 Å². The molecule has 0 radical (unpaired) electrons. The van der Waals surface area contributed by atoms with Crippen molar-refractivity contribution in [2.24, 2.45) is 0 Å². The van der Waals surface area contributed by atoms with Crippen LogP contribution < -0.4 is 5.32 Å². The van der Waals surface area contributed by atoms with Crippen LogP contribution in [0.1, 0.15) is 26.4 Å². The summed E-state index contributed by atoms with van der Waals surface area (Å²) in [6.07, 6.45) is 1.85. The van der Waals surface area contributed by atoms with E-state index >= 15 is 0 Å². The van der Waals surface area contributed by atoms with Crippen LogP contribution in [0.4, 0.5) is 5.13 Å². The van der Waals surface area contributed by atoms with E-state index in [9.17, 15) is 9.59 Å². The van der Waals surface area contributed by atoms with Crippen molar-refractivity contribution in [3.63, 3.8) is 0 Å². The SMILES string of the molecule is O=C1O[C@H](C(=O)Nc2ncc(Cc3ccccc3Cl)s2)Cc2ccccc21. The summed E-state index contributed by atoms with van der Waals surface area (Å²) in [7, 11) is 0. The van der Waals surface area contributed by atoms with E-state index in [0.717, 1.165) is 16.0 Å². The number of ether oxygens (including phenoxy) is 1. The topological polar surface area (TPSA) is 68.3 Å². The highest BCUT2D eigenvalue weighted by atomic mass is 35.5. The molecule has 1 N–H and O–H groups in total. The Labute approximate surface area is 165 Å². The Morgan fingerprint density at radius 1 is 1.22 bits per heavy atom. The Hall–Kier alpha value is -2.70. The van der Waals surface area contributed by atoms with Crippen LogP contribution in [-0.2, 0) is 22.4 Å². The van der Waals surface area contributed by atoms with Crippen molar-refractivity contribution in [1.29, 1.82) is 0 Å². The van der Waals surface area contributed by atoms with Gasteiger partial charge in [0.25, 0.3) is 5.91 Å². The summed E-state index contributed by atoms with van der Waals surface area (Å²) in [5.74, 6) is -0.855. The number of halogens is 1. The first-order valence-electron chi connectivity index (χ1n) is 8.38. The number of hydrogen-bond donors (Lipinski definition) is 1. The largest absolute Gasteiger partial charge is 0.448 e. The van der Waals surface area contributed by atoms with Gasteiger partial charge >= 0.3 is 5.97 Å². The van der Waals surface area contributed by atoms with E-state index in [1.807, 2.05) is 36.4 Å². The van der Waals surface area contributed by atoms with Crippen LogP contribution in [0.5, 0.6) is 0 Å². The molecule has 0 unspecified atom stereocenters. The van der Waals surface area contributed by atoms with Crippen molar-refractivity contribution in [3.8, 4) is 0 Å². The van der Waals surface area contributed by atoms with Gasteiger partial charge in [0, 0.05) is 28.9 Å². The molecule has 4 rings (SSSR count). The third kappa shape index (κ3) is 3.86. The van der Waals surface area contributed by atoms with E-state index in [4.69, 9.17) is 16.3 Å². The molecule has 3 aromatic rings. The van der Waals surface area contributed by atoms with Crippen LogP contribution in [0.3, 0.4) is 0 Å². The number of rotatable bonds is 4. The van der Waals surface area contributed by atoms with Gasteiger partial charge in [0.05, 0.1) is 5.56 Å². The number of hydrogen-bond acceptors (Lipinski definition) is 5. The summed E-state index contributed by atoms with van der Waals surface area (Å²) in [5, 5.41) is 3.91. The van der Waals surface area contributed by atoms with Gasteiger partial charge in [0.1, 0.15) is 0 Å². The molecule has 0 spiro atoms. The van der Waals surface area contributed by atoms with Gasteiger partial charge in [-0.25, -0.2) is 9.78 Å². The first-order valence-corrected chi connectivity index (χ1v) is 9.57. The number of carbonyl (C=O) groups is 2. The fourth-order valence-corrected chi connectivity index (χ4v) is 3.98. The Morgan fingerprint density at radius 2 is 2.00 bits per heavy atom. The van der Waals surface area contributed by atoms with Crippen LogP contribution in [-0.4, -0.2) is 23.0 Å². The van der Waals surface area contributed by atoms with E-state index in [0.29, 0.717) is 28.6 Å². The average Bonchev–Trinajstić information content (AvgIpc) is 3.10. The van der Waals surface area contributed by atoms with E-state index < -0.39 is 12.1 Å². The number of amides is 1. The van der Waals surface area contributed by atoms with Crippen molar-refractivity contribution in [2.75, 3.05) is 5.32 Å². The number of nitrogens with one attached hydrogen (secondary N) is 1. The summed E-state index contributed by atoms with van der Waals surface area (Å²) >= 11 is 7.56. The maximum absolute atomic E-state index is 12.5. The highest BCUT2D eigenvalue weighted by Gasteiger charge is 2.31. The van der Waals surface area contributed by atoms with Gasteiger partial charge in [-0.15, -0.1) is 11.3 Å². The Bertz CT molecular complexity index is 1020. The number of fused-ring (bicyclic) bond motifs is 1. The molecule has 27 heavy (non-hydrogen) atoms. The van der Waals surface area contributed by atoms with Crippen molar-refractivity contribution in [1.82, 2.24) is 4.98 Å². The molecule has 1 aliphatic rings. The molecule has 136 valence electrons. The molecule has 0 bridgehead atoms. The second kappa shape index (κ2) is 7.50. The van der Waals surface area contributed by atoms with E-state index in [1.165, 1.54) is 11.3 Å². The summed E-state index contributed by atoms with van der Waals surface area (Å²) < 4.78 is 5.27.